The summed E-state index contributed by atoms with van der Waals surface area (Å²) < 4.78 is 5.77. The Balaban J connectivity index is 1.55. The first kappa shape index (κ1) is 21.9. The van der Waals surface area contributed by atoms with Crippen LogP contribution in [0.15, 0.2) is 78.0 Å². The molecule has 1 atom stereocenters. The van der Waals surface area contributed by atoms with Gasteiger partial charge in [-0.25, -0.2) is 0 Å². The number of ether oxygens (including phenoxy) is 1. The number of amides is 1. The van der Waals surface area contributed by atoms with Gasteiger partial charge in [0.15, 0.2) is 5.84 Å². The summed E-state index contributed by atoms with van der Waals surface area (Å²) in [4.78, 5) is 17.8. The average molecular weight is 418 g/mol. The van der Waals surface area contributed by atoms with E-state index in [2.05, 4.69) is 10.5 Å². The molecule has 0 saturated carbocycles. The molecule has 0 aliphatic carbocycles. The lowest BCUT2D eigenvalue weighted by atomic mass is 10.1. The molecular weight excluding hydrogens is 390 g/mol. The maximum Gasteiger partial charge on any atom is 0.268 e. The maximum absolute atomic E-state index is 12.4. The van der Waals surface area contributed by atoms with Crippen molar-refractivity contribution >= 4 is 17.4 Å². The third kappa shape index (κ3) is 6.09. The Morgan fingerprint density at radius 1 is 0.968 bits per heavy atom. The molecule has 0 aromatic heterocycles. The minimum atomic E-state index is -0.800. The lowest BCUT2D eigenvalue weighted by molar-refractivity contribution is -0.126. The maximum atomic E-state index is 12.4. The molecule has 3 N–H and O–H groups in total. The zero-order chi connectivity index (χ0) is 22.2. The topological polar surface area (TPSA) is 85.9 Å². The molecule has 0 aliphatic rings. The van der Waals surface area contributed by atoms with Gasteiger partial charge in [-0.15, -0.1) is 0 Å². The summed E-state index contributed by atoms with van der Waals surface area (Å²) in [5.74, 6) is 0.614. The van der Waals surface area contributed by atoms with E-state index in [1.807, 2.05) is 74.5 Å². The number of rotatable bonds is 8. The van der Waals surface area contributed by atoms with Crippen LogP contribution in [-0.4, -0.2) is 17.8 Å². The Kier molecular flexibility index (Phi) is 7.27. The number of anilines is 1. The number of hydrogen-bond acceptors (Lipinski definition) is 4. The highest BCUT2D eigenvalue weighted by molar-refractivity contribution is 5.98. The second-order valence-corrected chi connectivity index (χ2v) is 7.28. The van der Waals surface area contributed by atoms with Gasteiger partial charge < -0.3 is 20.6 Å². The van der Waals surface area contributed by atoms with Crippen molar-refractivity contribution in [2.45, 2.75) is 33.5 Å². The lowest BCUT2D eigenvalue weighted by Crippen LogP contribution is -2.28. The molecule has 1 amide bonds. The largest absolute Gasteiger partial charge is 0.489 e. The number of para-hydroxylation sites is 1. The molecule has 0 bridgehead atoms. The lowest BCUT2D eigenvalue weighted by Gasteiger charge is -2.14. The minimum Gasteiger partial charge on any atom is -0.489 e. The number of carbonyl (C=O) groups is 1. The molecule has 3 aromatic carbocycles. The fourth-order valence-corrected chi connectivity index (χ4v) is 2.94. The van der Waals surface area contributed by atoms with Crippen molar-refractivity contribution in [3.8, 4) is 5.75 Å². The summed E-state index contributed by atoms with van der Waals surface area (Å²) in [6.07, 6.45) is -0.800. The van der Waals surface area contributed by atoms with Crippen molar-refractivity contribution in [1.82, 2.24) is 0 Å². The Hall–Kier alpha value is -3.80. The Bertz CT molecular complexity index is 1030. The first-order valence-electron chi connectivity index (χ1n) is 10.1. The van der Waals surface area contributed by atoms with E-state index in [1.165, 1.54) is 0 Å². The van der Waals surface area contributed by atoms with E-state index in [4.69, 9.17) is 15.3 Å². The number of nitrogens with one attached hydrogen (secondary N) is 1. The molecule has 0 spiro atoms. The van der Waals surface area contributed by atoms with Crippen LogP contribution in [0.1, 0.15) is 29.2 Å². The summed E-state index contributed by atoms with van der Waals surface area (Å²) >= 11 is 0. The van der Waals surface area contributed by atoms with Crippen LogP contribution in [-0.2, 0) is 16.2 Å². The van der Waals surface area contributed by atoms with Crippen LogP contribution in [0.3, 0.4) is 0 Å². The van der Waals surface area contributed by atoms with E-state index in [1.54, 1.807) is 19.1 Å². The molecule has 31 heavy (non-hydrogen) atoms. The summed E-state index contributed by atoms with van der Waals surface area (Å²) in [5.41, 5.74) is 10.5. The number of nitrogens with two attached hydrogens (primary N) is 1. The van der Waals surface area contributed by atoms with Crippen molar-refractivity contribution < 1.29 is 14.4 Å². The van der Waals surface area contributed by atoms with Crippen LogP contribution in [0.25, 0.3) is 0 Å². The van der Waals surface area contributed by atoms with E-state index in [9.17, 15) is 4.79 Å². The zero-order valence-electron chi connectivity index (χ0n) is 18.0. The first-order chi connectivity index (χ1) is 14.9. The summed E-state index contributed by atoms with van der Waals surface area (Å²) in [6, 6.07) is 23.0. The van der Waals surface area contributed by atoms with Crippen molar-refractivity contribution in [2.75, 3.05) is 5.32 Å². The number of benzene rings is 3. The SMILES string of the molecule is Cc1cccc(C)c1NC(=O)C(C)ON=C(N)c1ccc(OCc2ccccc2)cc1. The van der Waals surface area contributed by atoms with Gasteiger partial charge >= 0.3 is 0 Å². The van der Waals surface area contributed by atoms with Crippen LogP contribution in [0.2, 0.25) is 0 Å². The molecule has 0 heterocycles. The number of nitrogens with zero attached hydrogens (tertiary/aromatic N) is 1. The van der Waals surface area contributed by atoms with Gasteiger partial charge in [-0.1, -0.05) is 53.7 Å². The zero-order valence-corrected chi connectivity index (χ0v) is 18.0. The molecule has 0 saturated heterocycles. The van der Waals surface area contributed by atoms with Gasteiger partial charge in [0.2, 0.25) is 6.10 Å². The number of aryl methyl sites for hydroxylation is 2. The molecule has 0 aliphatic heterocycles. The van der Waals surface area contributed by atoms with Gasteiger partial charge in [0.1, 0.15) is 12.4 Å². The number of oxime groups is 1. The second kappa shape index (κ2) is 10.3. The van der Waals surface area contributed by atoms with E-state index in [0.29, 0.717) is 12.2 Å². The highest BCUT2D eigenvalue weighted by Crippen LogP contribution is 2.20. The predicted octanol–water partition coefficient (Wildman–Crippen LogP) is 4.55. The normalized spacial score (nSPS) is 12.2. The third-order valence-corrected chi connectivity index (χ3v) is 4.81. The molecule has 160 valence electrons. The fraction of sp³-hybridized carbons (Fsp3) is 0.200. The van der Waals surface area contributed by atoms with Crippen LogP contribution in [0, 0.1) is 13.8 Å². The smallest absolute Gasteiger partial charge is 0.268 e. The molecule has 3 aromatic rings. The molecule has 6 nitrogen and oxygen atoms in total. The van der Waals surface area contributed by atoms with Crippen LogP contribution >= 0.6 is 0 Å². The summed E-state index contributed by atoms with van der Waals surface area (Å²) in [6.45, 7) is 6.00. The number of amidine groups is 1. The van der Waals surface area contributed by atoms with E-state index in [-0.39, 0.29) is 11.7 Å². The first-order valence-corrected chi connectivity index (χ1v) is 10.1. The molecular formula is C25H27N3O3. The number of hydrogen-bond donors (Lipinski definition) is 2. The van der Waals surface area contributed by atoms with Gasteiger partial charge in [-0.2, -0.15) is 0 Å². The fourth-order valence-electron chi connectivity index (χ4n) is 2.94. The summed E-state index contributed by atoms with van der Waals surface area (Å²) in [7, 11) is 0. The summed E-state index contributed by atoms with van der Waals surface area (Å²) in [5, 5.41) is 6.80. The van der Waals surface area contributed by atoms with Gasteiger partial charge in [0.05, 0.1) is 0 Å². The van der Waals surface area contributed by atoms with Gasteiger partial charge in [0, 0.05) is 11.3 Å². The second-order valence-electron chi connectivity index (χ2n) is 7.28. The minimum absolute atomic E-state index is 0.182. The van der Waals surface area contributed by atoms with Crippen molar-refractivity contribution in [2.24, 2.45) is 10.9 Å². The highest BCUT2D eigenvalue weighted by Gasteiger charge is 2.16. The molecule has 0 radical (unpaired) electrons. The molecule has 3 rings (SSSR count). The number of carbonyl (C=O) groups excluding carboxylic acids is 1. The Labute approximate surface area is 182 Å². The third-order valence-electron chi connectivity index (χ3n) is 4.81. The van der Waals surface area contributed by atoms with Gasteiger partial charge in [-0.3, -0.25) is 4.79 Å². The van der Waals surface area contributed by atoms with Gasteiger partial charge in [0.25, 0.3) is 5.91 Å². The molecule has 6 heteroatoms. The molecule has 0 fully saturated rings. The van der Waals surface area contributed by atoms with Crippen molar-refractivity contribution in [1.29, 1.82) is 0 Å². The Morgan fingerprint density at radius 3 is 2.26 bits per heavy atom. The van der Waals surface area contributed by atoms with E-state index in [0.717, 1.165) is 28.1 Å². The Morgan fingerprint density at radius 2 is 1.61 bits per heavy atom. The highest BCUT2D eigenvalue weighted by atomic mass is 16.6. The molecule has 1 unspecified atom stereocenters. The van der Waals surface area contributed by atoms with E-state index < -0.39 is 6.10 Å². The monoisotopic (exact) mass is 417 g/mol. The van der Waals surface area contributed by atoms with Crippen molar-refractivity contribution in [3.05, 3.63) is 95.1 Å². The average Bonchev–Trinajstić information content (AvgIpc) is 2.79. The van der Waals surface area contributed by atoms with Crippen LogP contribution < -0.4 is 15.8 Å². The van der Waals surface area contributed by atoms with Crippen LogP contribution in [0.5, 0.6) is 5.75 Å². The van der Waals surface area contributed by atoms with E-state index >= 15 is 0 Å². The standard InChI is InChI=1S/C25H27N3O3/c1-17-8-7-9-18(2)23(17)27-25(29)19(3)31-28-24(26)21-12-14-22(15-13-21)30-16-20-10-5-4-6-11-20/h4-15,19H,16H2,1-3H3,(H2,26,28)(H,27,29). The van der Waals surface area contributed by atoms with Crippen LogP contribution in [0.4, 0.5) is 5.69 Å². The van der Waals surface area contributed by atoms with Gasteiger partial charge in [-0.05, 0) is 61.7 Å². The quantitative estimate of drug-likeness (QED) is 0.320. The predicted molar refractivity (Wildman–Crippen MR) is 123 cm³/mol. The van der Waals surface area contributed by atoms with Crippen molar-refractivity contribution in [3.63, 3.8) is 0 Å².